The van der Waals surface area contributed by atoms with Gasteiger partial charge in [0.2, 0.25) is 0 Å². The quantitative estimate of drug-likeness (QED) is 0.770. The Bertz CT molecular complexity index is 305. The fourth-order valence-electron chi connectivity index (χ4n) is 2.06. The summed E-state index contributed by atoms with van der Waals surface area (Å²) < 4.78 is 5.55. The molecule has 0 saturated carbocycles. The van der Waals surface area contributed by atoms with Crippen LogP contribution in [0.1, 0.15) is 37.6 Å². The largest absolute Gasteiger partial charge is 0.377 e. The van der Waals surface area contributed by atoms with Gasteiger partial charge in [0.05, 0.1) is 11.8 Å². The molecule has 2 heterocycles. The number of aromatic nitrogens is 2. The molecule has 2 rings (SSSR count). The Hall–Kier alpha value is -0.870. The first kappa shape index (κ1) is 11.6. The van der Waals surface area contributed by atoms with Gasteiger partial charge in [-0.2, -0.15) is 5.10 Å². The standard InChI is InChI=1S/C12H21N3O/c1-2-4-10-7-11(15-14-10)8-13-9-12-5-3-6-16-12/h7,12-13H,2-6,8-9H2,1H3,(H,14,15). The third-order valence-electron chi connectivity index (χ3n) is 2.90. The average molecular weight is 223 g/mol. The maximum Gasteiger partial charge on any atom is 0.0700 e. The molecule has 1 atom stereocenters. The second-order valence-electron chi connectivity index (χ2n) is 4.40. The van der Waals surface area contributed by atoms with Crippen molar-refractivity contribution in [1.29, 1.82) is 0 Å². The SMILES string of the molecule is CCCc1cc(CNCC2CCCO2)[nH]n1. The highest BCUT2D eigenvalue weighted by Gasteiger charge is 2.14. The molecule has 1 unspecified atom stereocenters. The Balaban J connectivity index is 1.67. The first-order chi connectivity index (χ1) is 7.88. The lowest BCUT2D eigenvalue weighted by molar-refractivity contribution is 0.110. The van der Waals surface area contributed by atoms with E-state index in [0.29, 0.717) is 6.10 Å². The number of aryl methyl sites for hydroxylation is 1. The van der Waals surface area contributed by atoms with Gasteiger partial charge in [0.25, 0.3) is 0 Å². The topological polar surface area (TPSA) is 49.9 Å². The molecule has 0 spiro atoms. The smallest absolute Gasteiger partial charge is 0.0700 e. The van der Waals surface area contributed by atoms with Gasteiger partial charge in [-0.1, -0.05) is 13.3 Å². The Morgan fingerprint density at radius 1 is 1.62 bits per heavy atom. The van der Waals surface area contributed by atoms with E-state index in [1.165, 1.54) is 18.5 Å². The third kappa shape index (κ3) is 3.32. The summed E-state index contributed by atoms with van der Waals surface area (Å²) in [6, 6.07) is 2.14. The molecule has 4 heteroatoms. The molecule has 2 N–H and O–H groups in total. The van der Waals surface area contributed by atoms with E-state index in [4.69, 9.17) is 4.74 Å². The number of H-pyrrole nitrogens is 1. The predicted octanol–water partition coefficient (Wildman–Crippen LogP) is 1.63. The summed E-state index contributed by atoms with van der Waals surface area (Å²) in [5, 5.41) is 10.7. The fourth-order valence-corrected chi connectivity index (χ4v) is 2.06. The fraction of sp³-hybridized carbons (Fsp3) is 0.750. The number of hydrogen-bond donors (Lipinski definition) is 2. The van der Waals surface area contributed by atoms with Crippen molar-refractivity contribution >= 4 is 0 Å². The second kappa shape index (κ2) is 6.01. The molecule has 1 aliphatic rings. The van der Waals surface area contributed by atoms with Gasteiger partial charge in [0, 0.05) is 25.4 Å². The Morgan fingerprint density at radius 2 is 2.56 bits per heavy atom. The zero-order chi connectivity index (χ0) is 11.2. The second-order valence-corrected chi connectivity index (χ2v) is 4.40. The molecule has 1 aromatic rings. The minimum absolute atomic E-state index is 0.415. The van der Waals surface area contributed by atoms with Crippen molar-refractivity contribution < 1.29 is 4.74 Å². The number of aromatic amines is 1. The van der Waals surface area contributed by atoms with Gasteiger partial charge in [-0.05, 0) is 25.3 Å². The Kier molecular flexibility index (Phi) is 4.36. The lowest BCUT2D eigenvalue weighted by Gasteiger charge is -2.09. The van der Waals surface area contributed by atoms with Gasteiger partial charge in [-0.25, -0.2) is 0 Å². The molecule has 4 nitrogen and oxygen atoms in total. The van der Waals surface area contributed by atoms with Crippen LogP contribution in [0.4, 0.5) is 0 Å². The van der Waals surface area contributed by atoms with E-state index in [2.05, 4.69) is 28.5 Å². The van der Waals surface area contributed by atoms with Crippen LogP contribution in [0.2, 0.25) is 0 Å². The van der Waals surface area contributed by atoms with Crippen molar-refractivity contribution in [1.82, 2.24) is 15.5 Å². The molecule has 1 fully saturated rings. The molecule has 1 saturated heterocycles. The first-order valence-corrected chi connectivity index (χ1v) is 6.24. The van der Waals surface area contributed by atoms with Crippen LogP contribution >= 0.6 is 0 Å². The molecule has 16 heavy (non-hydrogen) atoms. The number of rotatable bonds is 6. The number of hydrogen-bond acceptors (Lipinski definition) is 3. The lowest BCUT2D eigenvalue weighted by atomic mass is 10.2. The van der Waals surface area contributed by atoms with Crippen LogP contribution in [0.5, 0.6) is 0 Å². The highest BCUT2D eigenvalue weighted by molar-refractivity contribution is 5.08. The van der Waals surface area contributed by atoms with E-state index in [9.17, 15) is 0 Å². The van der Waals surface area contributed by atoms with Crippen LogP contribution in [-0.4, -0.2) is 29.5 Å². The summed E-state index contributed by atoms with van der Waals surface area (Å²) in [6.45, 7) is 4.90. The highest BCUT2D eigenvalue weighted by atomic mass is 16.5. The molecular weight excluding hydrogens is 202 g/mol. The van der Waals surface area contributed by atoms with Crippen molar-refractivity contribution in [3.8, 4) is 0 Å². The van der Waals surface area contributed by atoms with Gasteiger partial charge in [0.1, 0.15) is 0 Å². The lowest BCUT2D eigenvalue weighted by Crippen LogP contribution is -2.25. The number of ether oxygens (including phenoxy) is 1. The molecule has 0 aromatic carbocycles. The van der Waals surface area contributed by atoms with Gasteiger partial charge in [-0.3, -0.25) is 5.10 Å². The van der Waals surface area contributed by atoms with E-state index < -0.39 is 0 Å². The van der Waals surface area contributed by atoms with E-state index in [1.54, 1.807) is 0 Å². The van der Waals surface area contributed by atoms with E-state index >= 15 is 0 Å². The van der Waals surface area contributed by atoms with E-state index in [0.717, 1.165) is 38.2 Å². The van der Waals surface area contributed by atoms with Crippen LogP contribution in [-0.2, 0) is 17.7 Å². The summed E-state index contributed by atoms with van der Waals surface area (Å²) in [5.74, 6) is 0. The molecule has 90 valence electrons. The highest BCUT2D eigenvalue weighted by Crippen LogP contribution is 2.10. The maximum atomic E-state index is 5.55. The summed E-state index contributed by atoms with van der Waals surface area (Å²) >= 11 is 0. The van der Waals surface area contributed by atoms with Crippen molar-refractivity contribution in [2.24, 2.45) is 0 Å². The van der Waals surface area contributed by atoms with Crippen LogP contribution in [0, 0.1) is 0 Å². The number of nitrogens with zero attached hydrogens (tertiary/aromatic N) is 1. The Labute approximate surface area is 96.8 Å². The average Bonchev–Trinajstić information content (AvgIpc) is 2.90. The van der Waals surface area contributed by atoms with Crippen LogP contribution in [0.25, 0.3) is 0 Å². The predicted molar refractivity (Wildman–Crippen MR) is 63.3 cm³/mol. The summed E-state index contributed by atoms with van der Waals surface area (Å²) in [4.78, 5) is 0. The normalized spacial score (nSPS) is 20.4. The monoisotopic (exact) mass is 223 g/mol. The van der Waals surface area contributed by atoms with Gasteiger partial charge in [0.15, 0.2) is 0 Å². The molecule has 0 amide bonds. The Morgan fingerprint density at radius 3 is 3.31 bits per heavy atom. The minimum Gasteiger partial charge on any atom is -0.377 e. The molecule has 0 radical (unpaired) electrons. The first-order valence-electron chi connectivity index (χ1n) is 6.24. The summed E-state index contributed by atoms with van der Waals surface area (Å²) in [6.07, 6.45) is 5.02. The minimum atomic E-state index is 0.415. The zero-order valence-electron chi connectivity index (χ0n) is 9.96. The molecule has 0 bridgehead atoms. The maximum absolute atomic E-state index is 5.55. The molecule has 1 aliphatic heterocycles. The van der Waals surface area contributed by atoms with Crippen molar-refractivity contribution in [2.45, 2.75) is 45.3 Å². The van der Waals surface area contributed by atoms with Crippen molar-refractivity contribution in [3.05, 3.63) is 17.5 Å². The van der Waals surface area contributed by atoms with Crippen LogP contribution in [0.3, 0.4) is 0 Å². The van der Waals surface area contributed by atoms with E-state index in [-0.39, 0.29) is 0 Å². The van der Waals surface area contributed by atoms with E-state index in [1.807, 2.05) is 0 Å². The third-order valence-corrected chi connectivity index (χ3v) is 2.90. The molecular formula is C12H21N3O. The summed E-state index contributed by atoms with van der Waals surface area (Å²) in [5.41, 5.74) is 2.33. The zero-order valence-corrected chi connectivity index (χ0v) is 9.96. The van der Waals surface area contributed by atoms with Crippen molar-refractivity contribution in [2.75, 3.05) is 13.2 Å². The van der Waals surface area contributed by atoms with Gasteiger partial charge in [-0.15, -0.1) is 0 Å². The summed E-state index contributed by atoms with van der Waals surface area (Å²) in [7, 11) is 0. The van der Waals surface area contributed by atoms with Crippen LogP contribution in [0.15, 0.2) is 6.07 Å². The van der Waals surface area contributed by atoms with Gasteiger partial charge >= 0.3 is 0 Å². The molecule has 0 aliphatic carbocycles. The molecule has 1 aromatic heterocycles. The van der Waals surface area contributed by atoms with Crippen LogP contribution < -0.4 is 5.32 Å². The number of nitrogens with one attached hydrogen (secondary N) is 2. The van der Waals surface area contributed by atoms with Gasteiger partial charge < -0.3 is 10.1 Å². The van der Waals surface area contributed by atoms with Crippen molar-refractivity contribution in [3.63, 3.8) is 0 Å².